The topological polar surface area (TPSA) is 111 Å². The number of carbonyl (C=O) groups is 1. The largest absolute Gasteiger partial charge is 0.433 e. The lowest BCUT2D eigenvalue weighted by atomic mass is 10.2. The van der Waals surface area contributed by atoms with E-state index in [2.05, 4.69) is 15.3 Å². The van der Waals surface area contributed by atoms with Crippen molar-refractivity contribution in [1.82, 2.24) is 10.3 Å². The van der Waals surface area contributed by atoms with Crippen molar-refractivity contribution in [2.45, 2.75) is 0 Å². The van der Waals surface area contributed by atoms with E-state index in [1.807, 2.05) is 35.7 Å². The molecule has 1 N–H and O–H groups in total. The molecule has 1 aliphatic heterocycles. The van der Waals surface area contributed by atoms with E-state index < -0.39 is 4.92 Å². The van der Waals surface area contributed by atoms with E-state index in [-0.39, 0.29) is 17.6 Å². The fraction of sp³-hybridized carbons (Fsp3) is 0. The number of hydrogen-bond acceptors (Lipinski definition) is 8. The minimum atomic E-state index is -0.635. The highest BCUT2D eigenvalue weighted by atomic mass is 32.2. The van der Waals surface area contributed by atoms with Gasteiger partial charge in [-0.05, 0) is 17.8 Å². The fourth-order valence-corrected chi connectivity index (χ4v) is 3.83. The lowest BCUT2D eigenvalue weighted by Gasteiger charge is -1.94. The third kappa shape index (κ3) is 3.81. The summed E-state index contributed by atoms with van der Waals surface area (Å²) in [5, 5.41) is 16.1. The molecule has 3 aromatic rings. The molecule has 1 saturated heterocycles. The highest BCUT2D eigenvalue weighted by Crippen LogP contribution is 2.31. The molecule has 1 amide bonds. The Labute approximate surface area is 160 Å². The van der Waals surface area contributed by atoms with Crippen LogP contribution in [0.15, 0.2) is 62.2 Å². The number of nitro groups is 1. The average Bonchev–Trinajstić information content (AvgIpc) is 3.38. The molecule has 10 heteroatoms. The highest BCUT2D eigenvalue weighted by molar-refractivity contribution is 8.18. The molecular weight excluding hydrogens is 388 g/mol. The van der Waals surface area contributed by atoms with Crippen molar-refractivity contribution < 1.29 is 14.1 Å². The third-order valence-corrected chi connectivity index (χ3v) is 5.12. The Bertz CT molecular complexity index is 1090. The van der Waals surface area contributed by atoms with Gasteiger partial charge in [-0.15, -0.1) is 11.3 Å². The van der Waals surface area contributed by atoms with Crippen molar-refractivity contribution in [3.05, 3.63) is 68.6 Å². The van der Waals surface area contributed by atoms with Crippen LogP contribution in [0.4, 0.5) is 11.0 Å². The molecule has 4 rings (SSSR count). The first kappa shape index (κ1) is 17.2. The monoisotopic (exact) mass is 398 g/mol. The Hall–Kier alpha value is -3.24. The van der Waals surface area contributed by atoms with Gasteiger partial charge < -0.3 is 9.73 Å². The third-order valence-electron chi connectivity index (χ3n) is 3.48. The summed E-state index contributed by atoms with van der Waals surface area (Å²) < 4.78 is 5.04. The van der Waals surface area contributed by atoms with Gasteiger partial charge in [0.15, 0.2) is 5.17 Å². The lowest BCUT2D eigenvalue weighted by Crippen LogP contribution is -2.19. The number of thioether (sulfide) groups is 1. The number of aromatic nitrogens is 1. The fourth-order valence-electron chi connectivity index (χ4n) is 2.27. The molecule has 2 aromatic heterocycles. The summed E-state index contributed by atoms with van der Waals surface area (Å²) in [6.07, 6.45) is 1.44. The molecule has 0 spiro atoms. The van der Waals surface area contributed by atoms with Crippen molar-refractivity contribution in [1.29, 1.82) is 0 Å². The van der Waals surface area contributed by atoms with Gasteiger partial charge in [-0.2, -0.15) is 4.99 Å². The summed E-state index contributed by atoms with van der Waals surface area (Å²) in [6.45, 7) is 0. The molecule has 8 nitrogen and oxygen atoms in total. The van der Waals surface area contributed by atoms with Crippen LogP contribution in [0, 0.1) is 10.1 Å². The van der Waals surface area contributed by atoms with Crippen LogP contribution < -0.4 is 5.32 Å². The summed E-state index contributed by atoms with van der Waals surface area (Å²) in [6, 6.07) is 12.4. The van der Waals surface area contributed by atoms with E-state index >= 15 is 0 Å². The maximum Gasteiger partial charge on any atom is 0.433 e. The van der Waals surface area contributed by atoms with Crippen molar-refractivity contribution in [2.24, 2.45) is 4.99 Å². The van der Waals surface area contributed by atoms with Gasteiger partial charge in [0.05, 0.1) is 16.7 Å². The van der Waals surface area contributed by atoms with E-state index in [4.69, 9.17) is 4.42 Å². The predicted octanol–water partition coefficient (Wildman–Crippen LogP) is 4.20. The SMILES string of the molecule is O=C1N/C(=N\c2nc(-c3ccccc3)cs2)S/C1=C\c1ccc([N+](=O)[O-])o1. The van der Waals surface area contributed by atoms with Crippen molar-refractivity contribution in [2.75, 3.05) is 0 Å². The smallest absolute Gasteiger partial charge is 0.401 e. The minimum Gasteiger partial charge on any atom is -0.401 e. The molecule has 3 heterocycles. The minimum absolute atomic E-state index is 0.223. The van der Waals surface area contributed by atoms with Gasteiger partial charge in [-0.3, -0.25) is 14.9 Å². The number of thiazole rings is 1. The first-order valence-corrected chi connectivity index (χ1v) is 9.33. The number of aliphatic imine (C=N–C) groups is 1. The van der Waals surface area contributed by atoms with Gasteiger partial charge in [0.25, 0.3) is 5.91 Å². The van der Waals surface area contributed by atoms with Crippen LogP contribution in [0.2, 0.25) is 0 Å². The Balaban J connectivity index is 1.52. The quantitative estimate of drug-likeness (QED) is 0.400. The number of nitrogens with one attached hydrogen (secondary N) is 1. The number of nitrogens with zero attached hydrogens (tertiary/aromatic N) is 3. The highest BCUT2D eigenvalue weighted by Gasteiger charge is 2.25. The number of carbonyl (C=O) groups excluding carboxylic acids is 1. The number of hydrogen-bond donors (Lipinski definition) is 1. The normalized spacial score (nSPS) is 16.8. The van der Waals surface area contributed by atoms with Crippen molar-refractivity contribution in [3.63, 3.8) is 0 Å². The summed E-state index contributed by atoms with van der Waals surface area (Å²) >= 11 is 2.49. The Morgan fingerprint density at radius 2 is 2.04 bits per heavy atom. The zero-order valence-electron chi connectivity index (χ0n) is 13.5. The number of furan rings is 1. The van der Waals surface area contributed by atoms with E-state index in [0.29, 0.717) is 15.2 Å². The molecule has 0 bridgehead atoms. The van der Waals surface area contributed by atoms with Crippen LogP contribution in [-0.2, 0) is 4.79 Å². The number of benzene rings is 1. The van der Waals surface area contributed by atoms with Crippen LogP contribution in [0.1, 0.15) is 5.76 Å². The van der Waals surface area contributed by atoms with Gasteiger partial charge >= 0.3 is 5.88 Å². The summed E-state index contributed by atoms with van der Waals surface area (Å²) in [4.78, 5) is 31.2. The second-order valence-electron chi connectivity index (χ2n) is 5.30. The Morgan fingerprint density at radius 1 is 1.22 bits per heavy atom. The molecule has 0 aliphatic carbocycles. The maximum absolute atomic E-state index is 12.1. The molecule has 27 heavy (non-hydrogen) atoms. The summed E-state index contributed by atoms with van der Waals surface area (Å²) in [5.74, 6) is -0.505. The molecule has 0 radical (unpaired) electrons. The number of amidine groups is 1. The van der Waals surface area contributed by atoms with E-state index in [1.54, 1.807) is 0 Å². The molecule has 0 unspecified atom stereocenters. The van der Waals surface area contributed by atoms with Gasteiger partial charge in [0.2, 0.25) is 5.13 Å². The van der Waals surface area contributed by atoms with Crippen LogP contribution >= 0.6 is 23.1 Å². The van der Waals surface area contributed by atoms with Gasteiger partial charge in [0, 0.05) is 17.0 Å². The zero-order chi connectivity index (χ0) is 18.8. The number of amides is 1. The molecule has 0 saturated carbocycles. The second kappa shape index (κ2) is 7.17. The molecule has 134 valence electrons. The standard InChI is InChI=1S/C17H10N4O4S2/c22-15-13(8-11-6-7-14(25-11)21(23)24)27-17(19-15)20-16-18-12(9-26-16)10-4-2-1-3-5-10/h1-9H,(H,18,19,20,22)/b13-8-. The average molecular weight is 398 g/mol. The van der Waals surface area contributed by atoms with Crippen LogP contribution in [-0.4, -0.2) is 21.0 Å². The first-order valence-electron chi connectivity index (χ1n) is 7.63. The van der Waals surface area contributed by atoms with Gasteiger partial charge in [0.1, 0.15) is 10.7 Å². The van der Waals surface area contributed by atoms with Crippen LogP contribution in [0.5, 0.6) is 0 Å². The lowest BCUT2D eigenvalue weighted by molar-refractivity contribution is -0.402. The first-order chi connectivity index (χ1) is 13.1. The van der Waals surface area contributed by atoms with Gasteiger partial charge in [-0.1, -0.05) is 30.3 Å². The number of rotatable bonds is 4. The summed E-state index contributed by atoms with van der Waals surface area (Å²) in [5.41, 5.74) is 1.80. The Kier molecular flexibility index (Phi) is 4.57. The maximum atomic E-state index is 12.1. The predicted molar refractivity (Wildman–Crippen MR) is 104 cm³/mol. The molecule has 1 aromatic carbocycles. The van der Waals surface area contributed by atoms with Crippen molar-refractivity contribution >= 4 is 51.3 Å². The van der Waals surface area contributed by atoms with Gasteiger partial charge in [-0.25, -0.2) is 4.98 Å². The van der Waals surface area contributed by atoms with E-state index in [1.165, 1.54) is 29.5 Å². The van der Waals surface area contributed by atoms with E-state index in [9.17, 15) is 14.9 Å². The molecule has 1 fully saturated rings. The second-order valence-corrected chi connectivity index (χ2v) is 7.16. The zero-order valence-corrected chi connectivity index (χ0v) is 15.1. The summed E-state index contributed by atoms with van der Waals surface area (Å²) in [7, 11) is 0. The van der Waals surface area contributed by atoms with E-state index in [0.717, 1.165) is 23.0 Å². The molecular formula is C17H10N4O4S2. The van der Waals surface area contributed by atoms with Crippen LogP contribution in [0.3, 0.4) is 0 Å². The molecule has 0 atom stereocenters. The van der Waals surface area contributed by atoms with Crippen molar-refractivity contribution in [3.8, 4) is 11.3 Å². The molecule has 1 aliphatic rings. The Morgan fingerprint density at radius 3 is 2.78 bits per heavy atom. The van der Waals surface area contributed by atoms with Crippen LogP contribution in [0.25, 0.3) is 17.3 Å².